The van der Waals surface area contributed by atoms with Gasteiger partial charge >= 0.3 is 0 Å². The van der Waals surface area contributed by atoms with Gasteiger partial charge in [0, 0.05) is 16.0 Å². The Bertz CT molecular complexity index is 572. The van der Waals surface area contributed by atoms with Crippen LogP contribution in [0.3, 0.4) is 0 Å². The van der Waals surface area contributed by atoms with Gasteiger partial charge in [0.25, 0.3) is 0 Å². The molecule has 0 spiro atoms. The fourth-order valence-corrected chi connectivity index (χ4v) is 1.95. The highest BCUT2D eigenvalue weighted by atomic mass is 32.2. The molecule has 0 saturated heterocycles. The van der Waals surface area contributed by atoms with E-state index < -0.39 is 0 Å². The third-order valence-electron chi connectivity index (χ3n) is 2.30. The fraction of sp³-hybridized carbons (Fsp3) is 0. The minimum absolute atomic E-state index is 0.0222. The second kappa shape index (κ2) is 5.33. The van der Waals surface area contributed by atoms with Gasteiger partial charge in [-0.05, 0) is 23.9 Å². The molecule has 0 aromatic heterocycles. The van der Waals surface area contributed by atoms with Crippen molar-refractivity contribution >= 4 is 17.5 Å². The maximum Gasteiger partial charge on any atom is 0.193 e. The molecule has 0 heterocycles. The molecule has 2 aromatic carbocycles. The molecule has 2 nitrogen and oxygen atoms in total. The van der Waals surface area contributed by atoms with Gasteiger partial charge in [0.15, 0.2) is 5.78 Å². The molecule has 0 aliphatic heterocycles. The maximum absolute atomic E-state index is 12.1. The van der Waals surface area contributed by atoms with E-state index in [0.717, 1.165) is 16.7 Å². The molecular formula is C14H9NOS. The van der Waals surface area contributed by atoms with Crippen molar-refractivity contribution in [1.82, 2.24) is 0 Å². The first-order chi connectivity index (χ1) is 8.31. The summed E-state index contributed by atoms with van der Waals surface area (Å²) in [5.41, 5.74) is 1.27. The van der Waals surface area contributed by atoms with E-state index in [1.807, 2.05) is 29.7 Å². The normalized spacial score (nSPS) is 9.59. The topological polar surface area (TPSA) is 40.9 Å². The molecule has 0 unspecified atom stereocenters. The summed E-state index contributed by atoms with van der Waals surface area (Å²) in [6.45, 7) is 0. The molecule has 0 atom stereocenters. The lowest BCUT2D eigenvalue weighted by Gasteiger charge is -2.02. The third kappa shape index (κ3) is 2.74. The summed E-state index contributed by atoms with van der Waals surface area (Å²) < 4.78 is 0. The largest absolute Gasteiger partial charge is 0.289 e. The van der Waals surface area contributed by atoms with Gasteiger partial charge in [0.1, 0.15) is 5.40 Å². The molecule has 0 radical (unpaired) electrons. The van der Waals surface area contributed by atoms with Crippen LogP contribution in [0, 0.1) is 10.7 Å². The molecule has 0 N–H and O–H groups in total. The van der Waals surface area contributed by atoms with E-state index in [1.165, 1.54) is 0 Å². The number of hydrogen-bond donors (Lipinski definition) is 0. The summed E-state index contributed by atoms with van der Waals surface area (Å²) in [5.74, 6) is -0.0222. The summed E-state index contributed by atoms with van der Waals surface area (Å²) in [6.07, 6.45) is 0. The summed E-state index contributed by atoms with van der Waals surface area (Å²) in [7, 11) is 0. The standard InChI is InChI=1S/C14H9NOS/c15-10-17-13-8-4-7-12(9-13)14(16)11-5-2-1-3-6-11/h1-9H. The molecule has 3 heteroatoms. The van der Waals surface area contributed by atoms with E-state index in [2.05, 4.69) is 0 Å². The number of ketones is 1. The highest BCUT2D eigenvalue weighted by Crippen LogP contribution is 2.19. The van der Waals surface area contributed by atoms with Crippen LogP contribution in [0.1, 0.15) is 15.9 Å². The van der Waals surface area contributed by atoms with Gasteiger partial charge in [-0.1, -0.05) is 42.5 Å². The Hall–Kier alpha value is -2.05. The van der Waals surface area contributed by atoms with Crippen molar-refractivity contribution in [3.05, 3.63) is 65.7 Å². The first-order valence-electron chi connectivity index (χ1n) is 5.07. The Morgan fingerprint density at radius 3 is 2.41 bits per heavy atom. The maximum atomic E-state index is 12.1. The molecule has 0 amide bonds. The zero-order valence-corrected chi connectivity index (χ0v) is 9.78. The summed E-state index contributed by atoms with van der Waals surface area (Å²) in [5, 5.41) is 10.6. The molecule has 2 aromatic rings. The van der Waals surface area contributed by atoms with Crippen LogP contribution >= 0.6 is 11.8 Å². The second-order valence-electron chi connectivity index (χ2n) is 3.42. The van der Waals surface area contributed by atoms with Crippen LogP contribution in [-0.4, -0.2) is 5.78 Å². The van der Waals surface area contributed by atoms with Crippen molar-refractivity contribution in [1.29, 1.82) is 5.26 Å². The first-order valence-corrected chi connectivity index (χ1v) is 5.88. The molecular weight excluding hydrogens is 230 g/mol. The van der Waals surface area contributed by atoms with Crippen molar-refractivity contribution in [2.75, 3.05) is 0 Å². The molecule has 0 bridgehead atoms. The van der Waals surface area contributed by atoms with Gasteiger partial charge < -0.3 is 0 Å². The number of thiocyanates is 1. The quantitative estimate of drug-likeness (QED) is 0.467. The number of nitrogens with zero attached hydrogens (tertiary/aromatic N) is 1. The van der Waals surface area contributed by atoms with E-state index in [0.29, 0.717) is 11.1 Å². The van der Waals surface area contributed by atoms with Crippen LogP contribution in [0.2, 0.25) is 0 Å². The van der Waals surface area contributed by atoms with Crippen LogP contribution in [0.4, 0.5) is 0 Å². The van der Waals surface area contributed by atoms with Crippen LogP contribution in [0.25, 0.3) is 0 Å². The molecule has 0 saturated carbocycles. The van der Waals surface area contributed by atoms with E-state index in [4.69, 9.17) is 5.26 Å². The number of benzene rings is 2. The summed E-state index contributed by atoms with van der Waals surface area (Å²) in [6, 6.07) is 16.2. The predicted octanol–water partition coefficient (Wildman–Crippen LogP) is 3.49. The monoisotopic (exact) mass is 239 g/mol. The van der Waals surface area contributed by atoms with E-state index in [-0.39, 0.29) is 5.78 Å². The van der Waals surface area contributed by atoms with Gasteiger partial charge in [-0.2, -0.15) is 5.26 Å². The van der Waals surface area contributed by atoms with Gasteiger partial charge in [-0.25, -0.2) is 0 Å². The van der Waals surface area contributed by atoms with Crippen LogP contribution < -0.4 is 0 Å². The number of carbonyl (C=O) groups excluding carboxylic acids is 1. The van der Waals surface area contributed by atoms with Crippen LogP contribution in [0.5, 0.6) is 0 Å². The lowest BCUT2D eigenvalue weighted by molar-refractivity contribution is 0.103. The Kier molecular flexibility index (Phi) is 3.59. The van der Waals surface area contributed by atoms with Gasteiger partial charge in [0.05, 0.1) is 0 Å². The number of thioether (sulfide) groups is 1. The number of nitriles is 1. The summed E-state index contributed by atoms with van der Waals surface area (Å²) >= 11 is 1.06. The molecule has 0 aliphatic rings. The number of rotatable bonds is 3. The van der Waals surface area contributed by atoms with Gasteiger partial charge in [0.2, 0.25) is 0 Å². The smallest absolute Gasteiger partial charge is 0.193 e. The summed E-state index contributed by atoms with van der Waals surface area (Å²) in [4.78, 5) is 12.9. The fourth-order valence-electron chi connectivity index (χ4n) is 1.51. The predicted molar refractivity (Wildman–Crippen MR) is 67.8 cm³/mol. The van der Waals surface area contributed by atoms with E-state index in [1.54, 1.807) is 30.3 Å². The number of hydrogen-bond acceptors (Lipinski definition) is 3. The molecule has 17 heavy (non-hydrogen) atoms. The number of carbonyl (C=O) groups is 1. The lowest BCUT2D eigenvalue weighted by Crippen LogP contribution is -2.00. The highest BCUT2D eigenvalue weighted by molar-refractivity contribution is 8.03. The molecule has 0 fully saturated rings. The SMILES string of the molecule is N#CSc1cccc(C(=O)c2ccccc2)c1. The average molecular weight is 239 g/mol. The van der Waals surface area contributed by atoms with Crippen LogP contribution in [0.15, 0.2) is 59.5 Å². The van der Waals surface area contributed by atoms with Crippen molar-refractivity contribution in [3.63, 3.8) is 0 Å². The van der Waals surface area contributed by atoms with Crippen molar-refractivity contribution in [2.24, 2.45) is 0 Å². The lowest BCUT2D eigenvalue weighted by atomic mass is 10.0. The molecule has 82 valence electrons. The van der Waals surface area contributed by atoms with E-state index >= 15 is 0 Å². The zero-order valence-electron chi connectivity index (χ0n) is 8.96. The van der Waals surface area contributed by atoms with Crippen molar-refractivity contribution in [2.45, 2.75) is 4.90 Å². The Labute approximate surface area is 104 Å². The van der Waals surface area contributed by atoms with Crippen molar-refractivity contribution < 1.29 is 4.79 Å². The van der Waals surface area contributed by atoms with Gasteiger partial charge in [-0.3, -0.25) is 4.79 Å². The Morgan fingerprint density at radius 2 is 1.71 bits per heavy atom. The highest BCUT2D eigenvalue weighted by Gasteiger charge is 2.08. The third-order valence-corrected chi connectivity index (χ3v) is 2.88. The van der Waals surface area contributed by atoms with Gasteiger partial charge in [-0.15, -0.1) is 0 Å². The second-order valence-corrected chi connectivity index (χ2v) is 4.27. The molecule has 0 aliphatic carbocycles. The zero-order chi connectivity index (χ0) is 12.1. The van der Waals surface area contributed by atoms with E-state index in [9.17, 15) is 4.79 Å². The average Bonchev–Trinajstić information content (AvgIpc) is 2.40. The Balaban J connectivity index is 2.32. The Morgan fingerprint density at radius 1 is 1.00 bits per heavy atom. The minimum Gasteiger partial charge on any atom is -0.289 e. The van der Waals surface area contributed by atoms with Crippen LogP contribution in [-0.2, 0) is 0 Å². The first kappa shape index (κ1) is 11.4. The minimum atomic E-state index is -0.0222. The van der Waals surface area contributed by atoms with Crippen molar-refractivity contribution in [3.8, 4) is 5.40 Å². The molecule has 2 rings (SSSR count).